The number of nitrogen functional groups attached to an aromatic ring is 1. The molecule has 0 saturated carbocycles. The minimum absolute atomic E-state index is 0.0888. The van der Waals surface area contributed by atoms with Gasteiger partial charge in [0, 0.05) is 56.4 Å². The van der Waals surface area contributed by atoms with Crippen LogP contribution in [0.15, 0.2) is 17.4 Å². The number of anilines is 1. The Labute approximate surface area is 164 Å². The molecule has 1 fully saturated rings. The van der Waals surface area contributed by atoms with Gasteiger partial charge in [-0.3, -0.25) is 9.80 Å². The van der Waals surface area contributed by atoms with Gasteiger partial charge in [0.05, 0.1) is 17.9 Å². The van der Waals surface area contributed by atoms with Crippen LogP contribution >= 0.6 is 0 Å². The molecule has 9 heteroatoms. The highest BCUT2D eigenvalue weighted by Crippen LogP contribution is 2.29. The average Bonchev–Trinajstić information content (AvgIpc) is 3.32. The molecule has 2 aliphatic rings. The summed E-state index contributed by atoms with van der Waals surface area (Å²) in [6, 6.07) is 1.78. The molecule has 4 N–H and O–H groups in total. The molecule has 9 nitrogen and oxygen atoms in total. The number of piperidine rings is 1. The van der Waals surface area contributed by atoms with Crippen molar-refractivity contribution in [3.8, 4) is 0 Å². The van der Waals surface area contributed by atoms with Gasteiger partial charge in [-0.2, -0.15) is 14.7 Å². The zero-order valence-corrected chi connectivity index (χ0v) is 16.4. The second kappa shape index (κ2) is 7.75. The first-order valence-corrected chi connectivity index (χ1v) is 9.97. The first-order chi connectivity index (χ1) is 13.6. The van der Waals surface area contributed by atoms with Gasteiger partial charge >= 0.3 is 0 Å². The Morgan fingerprint density at radius 3 is 2.96 bits per heavy atom. The van der Waals surface area contributed by atoms with Crippen LogP contribution in [0, 0.1) is 0 Å². The van der Waals surface area contributed by atoms with E-state index in [-0.39, 0.29) is 23.8 Å². The van der Waals surface area contributed by atoms with E-state index in [1.807, 2.05) is 30.5 Å². The average molecular weight is 384 g/mol. The van der Waals surface area contributed by atoms with Crippen molar-refractivity contribution in [2.75, 3.05) is 32.4 Å². The van der Waals surface area contributed by atoms with E-state index in [1.54, 1.807) is 4.52 Å². The van der Waals surface area contributed by atoms with Crippen molar-refractivity contribution >= 4 is 23.6 Å². The molecule has 1 amide bonds. The fourth-order valence-corrected chi connectivity index (χ4v) is 3.95. The highest BCUT2D eigenvalue weighted by atomic mass is 16.2. The van der Waals surface area contributed by atoms with Crippen LogP contribution in [0.5, 0.6) is 0 Å². The van der Waals surface area contributed by atoms with Gasteiger partial charge in [-0.15, -0.1) is 0 Å². The number of hydrazone groups is 1. The lowest BCUT2D eigenvalue weighted by Gasteiger charge is -2.29. The van der Waals surface area contributed by atoms with E-state index >= 15 is 0 Å². The van der Waals surface area contributed by atoms with E-state index < -0.39 is 0 Å². The highest BCUT2D eigenvalue weighted by molar-refractivity contribution is 5.81. The molecule has 1 saturated heterocycles. The van der Waals surface area contributed by atoms with Crippen molar-refractivity contribution in [2.45, 2.75) is 44.1 Å². The van der Waals surface area contributed by atoms with Gasteiger partial charge in [-0.25, -0.2) is 4.98 Å². The molecule has 150 valence electrons. The van der Waals surface area contributed by atoms with Crippen LogP contribution in [-0.4, -0.2) is 64.5 Å². The predicted octanol–water partition coefficient (Wildman–Crippen LogP) is 0.688. The number of likely N-dealkylation sites (N-methyl/N-ethyl adjacent to an activating group) is 1. The number of carbonyl (C=O) groups excluding carboxylic acids is 1. The number of amides is 1. The zero-order valence-electron chi connectivity index (χ0n) is 16.4. The van der Waals surface area contributed by atoms with E-state index in [9.17, 15) is 4.79 Å². The molecule has 0 bridgehead atoms. The summed E-state index contributed by atoms with van der Waals surface area (Å²) < 4.78 is 1.70. The number of fused-ring (bicyclic) bond motifs is 1. The summed E-state index contributed by atoms with van der Waals surface area (Å²) in [6.45, 7) is 4.30. The SMILES string of the molecule is CCCNC(=O)[C@@H]1CC[C@H](c2cc(N)n3ncc(C4C=NN(C)C4)c3n2)CN1. The minimum Gasteiger partial charge on any atom is -0.384 e. The van der Waals surface area contributed by atoms with Gasteiger partial charge in [0.15, 0.2) is 5.65 Å². The molecule has 2 aliphatic heterocycles. The first kappa shape index (κ1) is 18.7. The van der Waals surface area contributed by atoms with Gasteiger partial charge in [0.25, 0.3) is 0 Å². The molecule has 2 aromatic heterocycles. The van der Waals surface area contributed by atoms with Crippen molar-refractivity contribution in [1.29, 1.82) is 0 Å². The predicted molar refractivity (Wildman–Crippen MR) is 108 cm³/mol. The lowest BCUT2D eigenvalue weighted by atomic mass is 9.91. The maximum Gasteiger partial charge on any atom is 0.237 e. The monoisotopic (exact) mass is 384 g/mol. The Bertz CT molecular complexity index is 883. The van der Waals surface area contributed by atoms with Crippen LogP contribution in [-0.2, 0) is 4.79 Å². The molecule has 4 rings (SSSR count). The summed E-state index contributed by atoms with van der Waals surface area (Å²) in [5, 5.41) is 17.0. The minimum atomic E-state index is -0.125. The van der Waals surface area contributed by atoms with Crippen molar-refractivity contribution in [3.05, 3.63) is 23.5 Å². The molecular weight excluding hydrogens is 356 g/mol. The Balaban J connectivity index is 1.52. The van der Waals surface area contributed by atoms with Gasteiger partial charge in [0.1, 0.15) is 5.82 Å². The zero-order chi connectivity index (χ0) is 19.7. The maximum absolute atomic E-state index is 12.2. The number of carbonyl (C=O) groups is 1. The molecule has 0 aromatic carbocycles. The summed E-state index contributed by atoms with van der Waals surface area (Å²) >= 11 is 0. The number of hydrogen-bond donors (Lipinski definition) is 3. The normalized spacial score (nSPS) is 24.8. The highest BCUT2D eigenvalue weighted by Gasteiger charge is 2.28. The summed E-state index contributed by atoms with van der Waals surface area (Å²) in [4.78, 5) is 17.1. The van der Waals surface area contributed by atoms with E-state index in [1.165, 1.54) is 0 Å². The van der Waals surface area contributed by atoms with Gasteiger partial charge < -0.3 is 16.4 Å². The number of rotatable bonds is 5. The summed E-state index contributed by atoms with van der Waals surface area (Å²) in [5.41, 5.74) is 9.06. The first-order valence-electron chi connectivity index (χ1n) is 9.97. The van der Waals surface area contributed by atoms with Crippen LogP contribution in [0.2, 0.25) is 0 Å². The standard InChI is InChI=1S/C19H28N8O/c1-3-6-21-19(28)15-5-4-12(8-22-15)16-7-17(20)27-18(25-16)14(10-24-27)13-9-23-26(2)11-13/h7,9-10,12-13,15,22H,3-6,8,11,20H2,1-2H3,(H,21,28)/t12-,13?,15-/m0/s1. The Kier molecular flexibility index (Phi) is 5.17. The molecule has 3 atom stereocenters. The van der Waals surface area contributed by atoms with Gasteiger partial charge in [0.2, 0.25) is 5.91 Å². The Morgan fingerprint density at radius 1 is 1.43 bits per heavy atom. The maximum atomic E-state index is 12.2. The second-order valence-electron chi connectivity index (χ2n) is 7.68. The number of nitrogens with zero attached hydrogens (tertiary/aromatic N) is 5. The molecule has 0 aliphatic carbocycles. The molecule has 0 spiro atoms. The van der Waals surface area contributed by atoms with E-state index in [4.69, 9.17) is 10.7 Å². The molecule has 0 radical (unpaired) electrons. The quantitative estimate of drug-likeness (QED) is 0.699. The molecule has 2 aromatic rings. The molecular formula is C19H28N8O. The van der Waals surface area contributed by atoms with Crippen molar-refractivity contribution < 1.29 is 4.79 Å². The fourth-order valence-electron chi connectivity index (χ4n) is 3.95. The number of hydrogen-bond acceptors (Lipinski definition) is 7. The third-order valence-electron chi connectivity index (χ3n) is 5.55. The number of nitrogens with two attached hydrogens (primary N) is 1. The van der Waals surface area contributed by atoms with E-state index in [2.05, 4.69) is 27.8 Å². The van der Waals surface area contributed by atoms with E-state index in [0.717, 1.165) is 49.3 Å². The summed E-state index contributed by atoms with van der Waals surface area (Å²) in [6.07, 6.45) is 6.41. The summed E-state index contributed by atoms with van der Waals surface area (Å²) in [5.74, 6) is 1.06. The molecule has 4 heterocycles. The van der Waals surface area contributed by atoms with Crippen molar-refractivity contribution in [3.63, 3.8) is 0 Å². The lowest BCUT2D eigenvalue weighted by molar-refractivity contribution is -0.123. The third-order valence-corrected chi connectivity index (χ3v) is 5.55. The topological polar surface area (TPSA) is 113 Å². The van der Waals surface area contributed by atoms with Crippen LogP contribution < -0.4 is 16.4 Å². The van der Waals surface area contributed by atoms with Gasteiger partial charge in [-0.05, 0) is 19.3 Å². The largest absolute Gasteiger partial charge is 0.384 e. The smallest absolute Gasteiger partial charge is 0.237 e. The van der Waals surface area contributed by atoms with Crippen LogP contribution in [0.25, 0.3) is 5.65 Å². The third kappa shape index (κ3) is 3.54. The fraction of sp³-hybridized carbons (Fsp3) is 0.579. The lowest BCUT2D eigenvalue weighted by Crippen LogP contribution is -2.48. The van der Waals surface area contributed by atoms with Crippen LogP contribution in [0.3, 0.4) is 0 Å². The van der Waals surface area contributed by atoms with Crippen LogP contribution in [0.4, 0.5) is 5.82 Å². The van der Waals surface area contributed by atoms with Crippen LogP contribution in [0.1, 0.15) is 49.3 Å². The number of nitrogens with one attached hydrogen (secondary N) is 2. The van der Waals surface area contributed by atoms with Crippen molar-refractivity contribution in [2.24, 2.45) is 5.10 Å². The van der Waals surface area contributed by atoms with Gasteiger partial charge in [-0.1, -0.05) is 6.92 Å². The second-order valence-corrected chi connectivity index (χ2v) is 7.68. The van der Waals surface area contributed by atoms with E-state index in [0.29, 0.717) is 12.4 Å². The Morgan fingerprint density at radius 2 is 2.29 bits per heavy atom. The van der Waals surface area contributed by atoms with Crippen molar-refractivity contribution in [1.82, 2.24) is 30.2 Å². The number of aromatic nitrogens is 3. The Hall–Kier alpha value is -2.68. The molecule has 1 unspecified atom stereocenters. The summed E-state index contributed by atoms with van der Waals surface area (Å²) in [7, 11) is 1.95. The molecule has 28 heavy (non-hydrogen) atoms.